The zero-order chi connectivity index (χ0) is 23.9. The molecule has 7 nitrogen and oxygen atoms in total. The molecule has 2 rings (SSSR count). The molecule has 0 saturated carbocycles. The first-order valence-electron chi connectivity index (χ1n) is 10.1. The summed E-state index contributed by atoms with van der Waals surface area (Å²) in [5, 5.41) is 3.00. The Hall–Kier alpha value is -2.10. The minimum absolute atomic E-state index is 0.146. The average molecular weight is 545 g/mol. The van der Waals surface area contributed by atoms with E-state index < -0.39 is 28.5 Å². The van der Waals surface area contributed by atoms with E-state index in [-0.39, 0.29) is 23.2 Å². The molecule has 0 fully saturated rings. The van der Waals surface area contributed by atoms with Crippen LogP contribution in [0.25, 0.3) is 0 Å². The molecule has 2 aromatic rings. The molecule has 1 unspecified atom stereocenters. The number of para-hydroxylation sites is 1. The highest BCUT2D eigenvalue weighted by atomic mass is 79.9. The standard InChI is InChI=1S/C22H27BrClN3O4S/c1-4-13-25-22(29)16(2)26(14-17-9-11-18(23)12-10-17)21(28)15-27(32(3,30)31)20-8-6-5-7-19(20)24/h5-12,16H,4,13-15H2,1-3H3,(H,25,29). The predicted octanol–water partition coefficient (Wildman–Crippen LogP) is 3.81. The maximum Gasteiger partial charge on any atom is 0.244 e. The van der Waals surface area contributed by atoms with Crippen molar-refractivity contribution >= 4 is 55.1 Å². The zero-order valence-corrected chi connectivity index (χ0v) is 21.4. The monoisotopic (exact) mass is 543 g/mol. The summed E-state index contributed by atoms with van der Waals surface area (Å²) in [5.74, 6) is -0.821. The van der Waals surface area contributed by atoms with Crippen molar-refractivity contribution in [2.24, 2.45) is 0 Å². The molecule has 10 heteroatoms. The van der Waals surface area contributed by atoms with Gasteiger partial charge in [0.2, 0.25) is 21.8 Å². The molecule has 1 N–H and O–H groups in total. The van der Waals surface area contributed by atoms with E-state index in [9.17, 15) is 18.0 Å². The summed E-state index contributed by atoms with van der Waals surface area (Å²) < 4.78 is 26.8. The van der Waals surface area contributed by atoms with Crippen LogP contribution in [0.3, 0.4) is 0 Å². The lowest BCUT2D eigenvalue weighted by Crippen LogP contribution is -2.51. The lowest BCUT2D eigenvalue weighted by Gasteiger charge is -2.31. The smallest absolute Gasteiger partial charge is 0.244 e. The Bertz CT molecular complexity index is 1050. The van der Waals surface area contributed by atoms with Crippen LogP contribution in [-0.2, 0) is 26.2 Å². The third-order valence-electron chi connectivity index (χ3n) is 4.78. The van der Waals surface area contributed by atoms with Crippen molar-refractivity contribution in [1.29, 1.82) is 0 Å². The van der Waals surface area contributed by atoms with E-state index in [1.165, 1.54) is 11.0 Å². The summed E-state index contributed by atoms with van der Waals surface area (Å²) in [6.07, 6.45) is 1.77. The van der Waals surface area contributed by atoms with Crippen molar-refractivity contribution in [3.8, 4) is 0 Å². The number of anilines is 1. The van der Waals surface area contributed by atoms with Crippen molar-refractivity contribution in [2.75, 3.05) is 23.7 Å². The van der Waals surface area contributed by atoms with Gasteiger partial charge in [-0.05, 0) is 43.2 Å². The van der Waals surface area contributed by atoms with Gasteiger partial charge in [0.15, 0.2) is 0 Å². The van der Waals surface area contributed by atoms with Crippen LogP contribution in [-0.4, -0.2) is 50.5 Å². The number of hydrogen-bond acceptors (Lipinski definition) is 4. The summed E-state index contributed by atoms with van der Waals surface area (Å²) in [6, 6.07) is 13.0. The van der Waals surface area contributed by atoms with E-state index in [0.717, 1.165) is 27.0 Å². The number of sulfonamides is 1. The second kappa shape index (κ2) is 11.7. The van der Waals surface area contributed by atoms with Crippen LogP contribution in [0, 0.1) is 0 Å². The lowest BCUT2D eigenvalue weighted by molar-refractivity contribution is -0.139. The molecule has 0 aliphatic rings. The maximum atomic E-state index is 13.4. The van der Waals surface area contributed by atoms with Crippen LogP contribution in [0.15, 0.2) is 53.0 Å². The number of carbonyl (C=O) groups excluding carboxylic acids is 2. The van der Waals surface area contributed by atoms with E-state index >= 15 is 0 Å². The van der Waals surface area contributed by atoms with Crippen molar-refractivity contribution < 1.29 is 18.0 Å². The fourth-order valence-corrected chi connectivity index (χ4v) is 4.43. The molecule has 0 saturated heterocycles. The number of amides is 2. The fraction of sp³-hybridized carbons (Fsp3) is 0.364. The van der Waals surface area contributed by atoms with Crippen LogP contribution in [0.4, 0.5) is 5.69 Å². The third-order valence-corrected chi connectivity index (χ3v) is 6.76. The molecular weight excluding hydrogens is 518 g/mol. The number of carbonyl (C=O) groups is 2. The predicted molar refractivity (Wildman–Crippen MR) is 131 cm³/mol. The minimum atomic E-state index is -3.81. The van der Waals surface area contributed by atoms with Gasteiger partial charge >= 0.3 is 0 Å². The normalized spacial score (nSPS) is 12.2. The summed E-state index contributed by atoms with van der Waals surface area (Å²) >= 11 is 9.58. The van der Waals surface area contributed by atoms with Crippen molar-refractivity contribution in [1.82, 2.24) is 10.2 Å². The van der Waals surface area contributed by atoms with Gasteiger partial charge in [0.25, 0.3) is 0 Å². The van der Waals surface area contributed by atoms with Gasteiger partial charge in [0, 0.05) is 17.6 Å². The molecule has 2 amide bonds. The van der Waals surface area contributed by atoms with Crippen molar-refractivity contribution in [2.45, 2.75) is 32.9 Å². The van der Waals surface area contributed by atoms with Gasteiger partial charge in [-0.2, -0.15) is 0 Å². The third kappa shape index (κ3) is 7.21. The number of benzene rings is 2. The van der Waals surface area contributed by atoms with E-state index in [0.29, 0.717) is 6.54 Å². The molecule has 0 bridgehead atoms. The molecule has 0 radical (unpaired) electrons. The highest BCUT2D eigenvalue weighted by Crippen LogP contribution is 2.27. The second-order valence-corrected chi connectivity index (χ2v) is 10.6. The Kier molecular flexibility index (Phi) is 9.54. The zero-order valence-electron chi connectivity index (χ0n) is 18.2. The highest BCUT2D eigenvalue weighted by Gasteiger charge is 2.30. The second-order valence-electron chi connectivity index (χ2n) is 7.34. The Labute approximate surface area is 202 Å². The Morgan fingerprint density at radius 3 is 2.31 bits per heavy atom. The summed E-state index contributed by atoms with van der Waals surface area (Å²) in [5.41, 5.74) is 1.01. The topological polar surface area (TPSA) is 86.8 Å². The van der Waals surface area contributed by atoms with E-state index in [1.807, 2.05) is 31.2 Å². The number of nitrogens with one attached hydrogen (secondary N) is 1. The number of rotatable bonds is 10. The minimum Gasteiger partial charge on any atom is -0.354 e. The van der Waals surface area contributed by atoms with Gasteiger partial charge in [-0.15, -0.1) is 0 Å². The lowest BCUT2D eigenvalue weighted by atomic mass is 10.1. The fourth-order valence-electron chi connectivity index (χ4n) is 3.01. The van der Waals surface area contributed by atoms with Gasteiger partial charge in [-0.1, -0.05) is 58.7 Å². The quantitative estimate of drug-likeness (QED) is 0.493. The molecule has 0 aliphatic carbocycles. The van der Waals surface area contributed by atoms with E-state index in [2.05, 4.69) is 21.2 Å². The SMILES string of the molecule is CCCNC(=O)C(C)N(Cc1ccc(Br)cc1)C(=O)CN(c1ccccc1Cl)S(C)(=O)=O. The summed E-state index contributed by atoms with van der Waals surface area (Å²) in [6.45, 7) is 3.71. The molecule has 174 valence electrons. The molecule has 1 atom stereocenters. The van der Waals surface area contributed by atoms with Crippen LogP contribution in [0.5, 0.6) is 0 Å². The molecule has 0 aliphatic heterocycles. The van der Waals surface area contributed by atoms with Crippen molar-refractivity contribution in [3.63, 3.8) is 0 Å². The van der Waals surface area contributed by atoms with Crippen LogP contribution in [0.1, 0.15) is 25.8 Å². The summed E-state index contributed by atoms with van der Waals surface area (Å²) in [7, 11) is -3.81. The average Bonchev–Trinajstić information content (AvgIpc) is 2.74. The van der Waals surface area contributed by atoms with Crippen LogP contribution >= 0.6 is 27.5 Å². The molecule has 0 aromatic heterocycles. The Morgan fingerprint density at radius 2 is 1.75 bits per heavy atom. The van der Waals surface area contributed by atoms with Crippen molar-refractivity contribution in [3.05, 3.63) is 63.6 Å². The van der Waals surface area contributed by atoms with Gasteiger partial charge in [-0.3, -0.25) is 13.9 Å². The first kappa shape index (κ1) is 26.2. The summed E-state index contributed by atoms with van der Waals surface area (Å²) in [4.78, 5) is 27.4. The first-order chi connectivity index (χ1) is 15.0. The molecule has 2 aromatic carbocycles. The maximum absolute atomic E-state index is 13.4. The number of hydrogen-bond donors (Lipinski definition) is 1. The van der Waals surface area contributed by atoms with E-state index in [1.54, 1.807) is 25.1 Å². The molecule has 32 heavy (non-hydrogen) atoms. The highest BCUT2D eigenvalue weighted by molar-refractivity contribution is 9.10. The Morgan fingerprint density at radius 1 is 1.12 bits per heavy atom. The van der Waals surface area contributed by atoms with Crippen LogP contribution < -0.4 is 9.62 Å². The van der Waals surface area contributed by atoms with Crippen LogP contribution in [0.2, 0.25) is 5.02 Å². The molecule has 0 spiro atoms. The van der Waals surface area contributed by atoms with Gasteiger partial charge in [0.05, 0.1) is 17.0 Å². The van der Waals surface area contributed by atoms with Gasteiger partial charge < -0.3 is 10.2 Å². The molecular formula is C22H27BrClN3O4S. The number of halogens is 2. The largest absolute Gasteiger partial charge is 0.354 e. The van der Waals surface area contributed by atoms with Gasteiger partial charge in [-0.25, -0.2) is 8.42 Å². The molecule has 0 heterocycles. The number of nitrogens with zero attached hydrogens (tertiary/aromatic N) is 2. The first-order valence-corrected chi connectivity index (χ1v) is 13.1. The van der Waals surface area contributed by atoms with Gasteiger partial charge in [0.1, 0.15) is 12.6 Å². The Balaban J connectivity index is 2.37. The van der Waals surface area contributed by atoms with E-state index in [4.69, 9.17) is 11.6 Å².